The molecule has 0 amide bonds. The highest BCUT2D eigenvalue weighted by Gasteiger charge is 1.98. The van der Waals surface area contributed by atoms with E-state index in [1.165, 1.54) is 5.56 Å². The Morgan fingerprint density at radius 1 is 1.24 bits per heavy atom. The van der Waals surface area contributed by atoms with Gasteiger partial charge in [-0.2, -0.15) is 0 Å². The van der Waals surface area contributed by atoms with E-state index in [0.29, 0.717) is 6.61 Å². The molecule has 0 aliphatic heterocycles. The van der Waals surface area contributed by atoms with Gasteiger partial charge in [0, 0.05) is 37.0 Å². The lowest BCUT2D eigenvalue weighted by Gasteiger charge is -2.09. The van der Waals surface area contributed by atoms with Gasteiger partial charge in [0.25, 0.3) is 0 Å². The van der Waals surface area contributed by atoms with E-state index in [1.54, 1.807) is 7.11 Å². The fraction of sp³-hybridized carbons (Fsp3) is 0.538. The lowest BCUT2D eigenvalue weighted by atomic mass is 10.2. The van der Waals surface area contributed by atoms with Gasteiger partial charge >= 0.3 is 0 Å². The molecule has 1 N–H and O–H groups in total. The van der Waals surface area contributed by atoms with Gasteiger partial charge in [0.1, 0.15) is 0 Å². The zero-order chi connectivity index (χ0) is 12.5. The predicted octanol–water partition coefficient (Wildman–Crippen LogP) is 3.22. The van der Waals surface area contributed by atoms with E-state index in [2.05, 4.69) is 46.4 Å². The van der Waals surface area contributed by atoms with E-state index in [-0.39, 0.29) is 0 Å². The van der Waals surface area contributed by atoms with E-state index >= 15 is 0 Å². The molecule has 0 atom stereocenters. The third kappa shape index (κ3) is 6.05. The molecule has 0 aliphatic carbocycles. The van der Waals surface area contributed by atoms with Crippen molar-refractivity contribution in [3.05, 3.63) is 28.2 Å². The largest absolute Gasteiger partial charge is 0.385 e. The Balaban J connectivity index is 2.14. The molecule has 0 fully saturated rings. The van der Waals surface area contributed by atoms with Gasteiger partial charge < -0.3 is 14.8 Å². The molecule has 0 saturated heterocycles. The van der Waals surface area contributed by atoms with Gasteiger partial charge in [0.15, 0.2) is 0 Å². The highest BCUT2D eigenvalue weighted by Crippen LogP contribution is 2.22. The van der Waals surface area contributed by atoms with Gasteiger partial charge in [-0.05, 0) is 47.0 Å². The molecule has 96 valence electrons. The molecule has 0 unspecified atom stereocenters. The van der Waals surface area contributed by atoms with E-state index in [4.69, 9.17) is 9.47 Å². The minimum atomic E-state index is 0.712. The van der Waals surface area contributed by atoms with Gasteiger partial charge in [0.05, 0.1) is 6.61 Å². The Morgan fingerprint density at radius 3 is 2.76 bits per heavy atom. The van der Waals surface area contributed by atoms with Gasteiger partial charge in [-0.15, -0.1) is 0 Å². The molecule has 0 bridgehead atoms. The summed E-state index contributed by atoms with van der Waals surface area (Å²) in [7, 11) is 1.70. The fourth-order valence-electron chi connectivity index (χ4n) is 1.43. The maximum Gasteiger partial charge on any atom is 0.0639 e. The molecule has 3 nitrogen and oxygen atoms in total. The van der Waals surface area contributed by atoms with Gasteiger partial charge in [0.2, 0.25) is 0 Å². The number of halogens is 1. The van der Waals surface area contributed by atoms with Gasteiger partial charge in [-0.1, -0.05) is 6.07 Å². The molecule has 1 rings (SSSR count). The molecule has 4 heteroatoms. The molecule has 1 aromatic rings. The molecule has 0 heterocycles. The van der Waals surface area contributed by atoms with Crippen LogP contribution in [-0.4, -0.2) is 33.5 Å². The van der Waals surface area contributed by atoms with Crippen molar-refractivity contribution in [1.29, 1.82) is 0 Å². The first-order valence-electron chi connectivity index (χ1n) is 5.80. The third-order valence-corrected chi connectivity index (χ3v) is 2.98. The number of benzene rings is 1. The van der Waals surface area contributed by atoms with Crippen molar-refractivity contribution in [3.8, 4) is 0 Å². The Morgan fingerprint density at radius 2 is 2.06 bits per heavy atom. The number of hydrogen-bond acceptors (Lipinski definition) is 3. The molecule has 0 spiro atoms. The van der Waals surface area contributed by atoms with Crippen LogP contribution in [0.5, 0.6) is 0 Å². The summed E-state index contributed by atoms with van der Waals surface area (Å²) in [6, 6.07) is 6.26. The van der Waals surface area contributed by atoms with Crippen molar-refractivity contribution < 1.29 is 9.47 Å². The first-order chi connectivity index (χ1) is 8.24. The summed E-state index contributed by atoms with van der Waals surface area (Å²) in [5.41, 5.74) is 2.36. The second-order valence-electron chi connectivity index (χ2n) is 3.87. The number of rotatable bonds is 8. The van der Waals surface area contributed by atoms with Crippen molar-refractivity contribution >= 4 is 21.6 Å². The molecule has 0 aromatic heterocycles. The maximum atomic E-state index is 5.46. The maximum absolute atomic E-state index is 5.46. The summed E-state index contributed by atoms with van der Waals surface area (Å²) in [6.07, 6.45) is 0.949. The fourth-order valence-corrected chi connectivity index (χ4v) is 2.06. The van der Waals surface area contributed by atoms with Crippen molar-refractivity contribution in [2.45, 2.75) is 13.3 Å². The van der Waals surface area contributed by atoms with Gasteiger partial charge in [-0.3, -0.25) is 0 Å². The van der Waals surface area contributed by atoms with E-state index in [1.807, 2.05) is 0 Å². The average Bonchev–Trinajstić information content (AvgIpc) is 2.30. The molecule has 17 heavy (non-hydrogen) atoms. The number of ether oxygens (including phenoxy) is 2. The van der Waals surface area contributed by atoms with Crippen LogP contribution in [-0.2, 0) is 9.47 Å². The molecule has 1 aromatic carbocycles. The summed E-state index contributed by atoms with van der Waals surface area (Å²) in [5.74, 6) is 0. The minimum absolute atomic E-state index is 0.712. The molecule has 0 radical (unpaired) electrons. The number of nitrogens with one attached hydrogen (secondary N) is 1. The Hall–Kier alpha value is -0.580. The lowest BCUT2D eigenvalue weighted by Crippen LogP contribution is -2.11. The quantitative estimate of drug-likeness (QED) is 0.748. The topological polar surface area (TPSA) is 30.5 Å². The summed E-state index contributed by atoms with van der Waals surface area (Å²) in [5, 5.41) is 3.33. The standard InChI is InChI=1S/C13H20BrNO2/c1-11-4-5-13(12(14)10-11)15-6-9-17-8-3-7-16-2/h4-5,10,15H,3,6-9H2,1-2H3. The second kappa shape index (κ2) is 8.50. The van der Waals surface area contributed by atoms with Crippen molar-refractivity contribution in [2.24, 2.45) is 0 Å². The van der Waals surface area contributed by atoms with Crippen LogP contribution in [0.4, 0.5) is 5.69 Å². The summed E-state index contributed by atoms with van der Waals surface area (Å²) in [6.45, 7) is 5.12. The van der Waals surface area contributed by atoms with E-state index < -0.39 is 0 Å². The Labute approximate surface area is 112 Å². The average molecular weight is 302 g/mol. The van der Waals surface area contributed by atoms with Crippen molar-refractivity contribution in [2.75, 3.05) is 38.8 Å². The van der Waals surface area contributed by atoms with E-state index in [9.17, 15) is 0 Å². The predicted molar refractivity (Wildman–Crippen MR) is 74.7 cm³/mol. The van der Waals surface area contributed by atoms with Crippen LogP contribution in [0.15, 0.2) is 22.7 Å². The van der Waals surface area contributed by atoms with Crippen molar-refractivity contribution in [1.82, 2.24) is 0 Å². The Kier molecular flexibility index (Phi) is 7.24. The summed E-state index contributed by atoms with van der Waals surface area (Å²) < 4.78 is 11.5. The number of hydrogen-bond donors (Lipinski definition) is 1. The van der Waals surface area contributed by atoms with Crippen LogP contribution in [0, 0.1) is 6.92 Å². The molecular formula is C13H20BrNO2. The lowest BCUT2D eigenvalue weighted by molar-refractivity contribution is 0.109. The molecule has 0 saturated carbocycles. The SMILES string of the molecule is COCCCOCCNc1ccc(C)cc1Br. The zero-order valence-corrected chi connectivity index (χ0v) is 12.0. The smallest absolute Gasteiger partial charge is 0.0639 e. The van der Waals surface area contributed by atoms with Crippen LogP contribution >= 0.6 is 15.9 Å². The normalized spacial score (nSPS) is 10.5. The highest BCUT2D eigenvalue weighted by molar-refractivity contribution is 9.10. The first kappa shape index (κ1) is 14.5. The van der Waals surface area contributed by atoms with Crippen LogP contribution in [0.3, 0.4) is 0 Å². The van der Waals surface area contributed by atoms with Crippen LogP contribution in [0.25, 0.3) is 0 Å². The summed E-state index contributed by atoms with van der Waals surface area (Å²) in [4.78, 5) is 0. The van der Waals surface area contributed by atoms with Crippen LogP contribution < -0.4 is 5.32 Å². The number of aryl methyl sites for hydroxylation is 1. The molecule has 0 aliphatic rings. The minimum Gasteiger partial charge on any atom is -0.385 e. The van der Waals surface area contributed by atoms with Crippen LogP contribution in [0.1, 0.15) is 12.0 Å². The van der Waals surface area contributed by atoms with Gasteiger partial charge in [-0.25, -0.2) is 0 Å². The summed E-state index contributed by atoms with van der Waals surface area (Å²) >= 11 is 3.53. The Bertz CT molecular complexity index is 331. The monoisotopic (exact) mass is 301 g/mol. The van der Waals surface area contributed by atoms with Crippen LogP contribution in [0.2, 0.25) is 0 Å². The third-order valence-electron chi connectivity index (χ3n) is 2.32. The molecular weight excluding hydrogens is 282 g/mol. The van der Waals surface area contributed by atoms with Crippen molar-refractivity contribution in [3.63, 3.8) is 0 Å². The highest BCUT2D eigenvalue weighted by atomic mass is 79.9. The zero-order valence-electron chi connectivity index (χ0n) is 10.5. The van der Waals surface area contributed by atoms with E-state index in [0.717, 1.165) is 36.3 Å². The number of anilines is 1. The number of methoxy groups -OCH3 is 1. The second-order valence-corrected chi connectivity index (χ2v) is 4.72. The first-order valence-corrected chi connectivity index (χ1v) is 6.60.